The molecule has 0 amide bonds. The van der Waals surface area contributed by atoms with Gasteiger partial charge in [-0.05, 0) is 43.3 Å². The van der Waals surface area contributed by atoms with E-state index in [2.05, 4.69) is 0 Å². The van der Waals surface area contributed by atoms with Gasteiger partial charge in [0.2, 0.25) is 0 Å². The molecule has 0 aliphatic carbocycles. The van der Waals surface area contributed by atoms with E-state index in [1.807, 2.05) is 31.2 Å². The molecule has 1 saturated heterocycles. The monoisotopic (exact) mass is 304 g/mol. The summed E-state index contributed by atoms with van der Waals surface area (Å²) >= 11 is 0. The maximum absolute atomic E-state index is 12.1. The van der Waals surface area contributed by atoms with Crippen molar-refractivity contribution in [3.8, 4) is 11.5 Å². The molecule has 0 N–H and O–H groups in total. The first-order chi connectivity index (χ1) is 10.0. The smallest absolute Gasteiger partial charge is 0.181 e. The van der Waals surface area contributed by atoms with Crippen LogP contribution >= 0.6 is 0 Å². The van der Waals surface area contributed by atoms with Gasteiger partial charge in [-0.2, -0.15) is 0 Å². The molecule has 1 aliphatic heterocycles. The second kappa shape index (κ2) is 5.50. The van der Waals surface area contributed by atoms with Crippen molar-refractivity contribution in [1.29, 1.82) is 0 Å². The maximum atomic E-state index is 12.1. The molecule has 1 fully saturated rings. The van der Waals surface area contributed by atoms with Gasteiger partial charge in [-0.25, -0.2) is 8.42 Å². The van der Waals surface area contributed by atoms with Crippen LogP contribution in [0.1, 0.15) is 5.56 Å². The summed E-state index contributed by atoms with van der Waals surface area (Å²) in [6.45, 7) is 2.54. The number of ether oxygens (including phenoxy) is 2. The zero-order valence-corrected chi connectivity index (χ0v) is 12.5. The second-order valence-electron chi connectivity index (χ2n) is 5.12. The summed E-state index contributed by atoms with van der Waals surface area (Å²) in [4.78, 5) is 0.300. The fourth-order valence-electron chi connectivity index (χ4n) is 1.96. The minimum atomic E-state index is -3.27. The highest BCUT2D eigenvalue weighted by Crippen LogP contribution is 2.24. The molecule has 1 unspecified atom stereocenters. The first-order valence-electron chi connectivity index (χ1n) is 6.72. The van der Waals surface area contributed by atoms with E-state index in [0.717, 1.165) is 11.3 Å². The summed E-state index contributed by atoms with van der Waals surface area (Å²) in [7, 11) is -3.27. The molecule has 2 aromatic rings. The van der Waals surface area contributed by atoms with Crippen molar-refractivity contribution in [2.75, 3.05) is 12.4 Å². The molecule has 1 aliphatic rings. The van der Waals surface area contributed by atoms with Crippen LogP contribution in [0.3, 0.4) is 0 Å². The van der Waals surface area contributed by atoms with E-state index in [1.54, 1.807) is 24.3 Å². The summed E-state index contributed by atoms with van der Waals surface area (Å²) in [5.74, 6) is 1.38. The summed E-state index contributed by atoms with van der Waals surface area (Å²) in [6, 6.07) is 14.2. The zero-order valence-electron chi connectivity index (χ0n) is 11.7. The lowest BCUT2D eigenvalue weighted by atomic mass is 10.2. The standard InChI is InChI=1S/C16H16O4S/c1-12-2-4-13(5-3-12)20-14-6-8-16(9-7-14)21(17,18)11-15-10-19-15/h2-9,15H,10-11H2,1H3. The van der Waals surface area contributed by atoms with Gasteiger partial charge in [-0.3, -0.25) is 0 Å². The average molecular weight is 304 g/mol. The molecule has 110 valence electrons. The van der Waals surface area contributed by atoms with Crippen molar-refractivity contribution in [1.82, 2.24) is 0 Å². The van der Waals surface area contributed by atoms with E-state index in [9.17, 15) is 8.42 Å². The number of aryl methyl sites for hydroxylation is 1. The molecule has 21 heavy (non-hydrogen) atoms. The van der Waals surface area contributed by atoms with Crippen LogP contribution in [0, 0.1) is 6.92 Å². The Labute approximate surface area is 124 Å². The average Bonchev–Trinajstić information content (AvgIpc) is 3.25. The van der Waals surface area contributed by atoms with E-state index < -0.39 is 9.84 Å². The van der Waals surface area contributed by atoms with E-state index in [0.29, 0.717) is 17.3 Å². The highest BCUT2D eigenvalue weighted by atomic mass is 32.2. The highest BCUT2D eigenvalue weighted by Gasteiger charge is 2.30. The molecule has 4 nitrogen and oxygen atoms in total. The van der Waals surface area contributed by atoms with E-state index in [4.69, 9.17) is 9.47 Å². The Kier molecular flexibility index (Phi) is 3.69. The van der Waals surface area contributed by atoms with E-state index in [1.165, 1.54) is 0 Å². The Morgan fingerprint density at radius 3 is 2.10 bits per heavy atom. The number of sulfone groups is 1. The molecule has 2 aromatic carbocycles. The molecule has 1 atom stereocenters. The summed E-state index contributed by atoms with van der Waals surface area (Å²) in [5, 5.41) is 0. The Morgan fingerprint density at radius 1 is 1.05 bits per heavy atom. The van der Waals surface area contributed by atoms with Crippen LogP contribution in [0.4, 0.5) is 0 Å². The lowest BCUT2D eigenvalue weighted by Crippen LogP contribution is -2.11. The van der Waals surface area contributed by atoms with Crippen LogP contribution in [0.15, 0.2) is 53.4 Å². The largest absolute Gasteiger partial charge is 0.457 e. The van der Waals surface area contributed by atoms with Crippen LogP contribution < -0.4 is 4.74 Å². The third kappa shape index (κ3) is 3.62. The van der Waals surface area contributed by atoms with E-state index >= 15 is 0 Å². The third-order valence-electron chi connectivity index (χ3n) is 3.25. The number of benzene rings is 2. The van der Waals surface area contributed by atoms with Crippen molar-refractivity contribution in [3.05, 3.63) is 54.1 Å². The number of epoxide rings is 1. The second-order valence-corrected chi connectivity index (χ2v) is 7.16. The van der Waals surface area contributed by atoms with Crippen LogP contribution in [0.5, 0.6) is 11.5 Å². The number of hydrogen-bond donors (Lipinski definition) is 0. The fourth-order valence-corrected chi connectivity index (χ4v) is 3.39. The Bertz CT molecular complexity index is 714. The highest BCUT2D eigenvalue weighted by molar-refractivity contribution is 7.91. The van der Waals surface area contributed by atoms with Gasteiger partial charge in [0.1, 0.15) is 11.5 Å². The Morgan fingerprint density at radius 2 is 1.57 bits per heavy atom. The number of rotatable bonds is 5. The van der Waals surface area contributed by atoms with E-state index in [-0.39, 0.29) is 11.9 Å². The van der Waals surface area contributed by atoms with Crippen molar-refractivity contribution in [2.45, 2.75) is 17.9 Å². The van der Waals surface area contributed by atoms with Crippen LogP contribution in [-0.2, 0) is 14.6 Å². The Balaban J connectivity index is 1.72. The van der Waals surface area contributed by atoms with Crippen LogP contribution in [0.2, 0.25) is 0 Å². The first-order valence-corrected chi connectivity index (χ1v) is 8.37. The lowest BCUT2D eigenvalue weighted by molar-refractivity contribution is 0.422. The molecular formula is C16H16O4S. The summed E-state index contributed by atoms with van der Waals surface area (Å²) < 4.78 is 34.8. The van der Waals surface area contributed by atoms with Crippen molar-refractivity contribution in [2.24, 2.45) is 0 Å². The van der Waals surface area contributed by atoms with Crippen LogP contribution in [-0.4, -0.2) is 26.9 Å². The van der Waals surface area contributed by atoms with Gasteiger partial charge in [0.25, 0.3) is 0 Å². The van der Waals surface area contributed by atoms with Gasteiger partial charge < -0.3 is 9.47 Å². The summed E-state index contributed by atoms with van der Waals surface area (Å²) in [6.07, 6.45) is -0.140. The van der Waals surface area contributed by atoms with Crippen LogP contribution in [0.25, 0.3) is 0 Å². The normalized spacial score (nSPS) is 17.5. The summed E-state index contributed by atoms with van der Waals surface area (Å²) in [5.41, 5.74) is 1.16. The lowest BCUT2D eigenvalue weighted by Gasteiger charge is -2.07. The molecule has 3 rings (SSSR count). The van der Waals surface area contributed by atoms with Crippen molar-refractivity contribution in [3.63, 3.8) is 0 Å². The van der Waals surface area contributed by atoms with Gasteiger partial charge in [0, 0.05) is 0 Å². The molecule has 5 heteroatoms. The minimum absolute atomic E-state index is 0.0468. The van der Waals surface area contributed by atoms with Gasteiger partial charge in [-0.1, -0.05) is 17.7 Å². The quantitative estimate of drug-likeness (QED) is 0.797. The van der Waals surface area contributed by atoms with Gasteiger partial charge >= 0.3 is 0 Å². The third-order valence-corrected chi connectivity index (χ3v) is 5.05. The van der Waals surface area contributed by atoms with Gasteiger partial charge in [0.15, 0.2) is 9.84 Å². The molecule has 0 bridgehead atoms. The van der Waals surface area contributed by atoms with Gasteiger partial charge in [0.05, 0.1) is 23.4 Å². The molecule has 0 aromatic heterocycles. The molecule has 0 saturated carbocycles. The molecular weight excluding hydrogens is 288 g/mol. The molecule has 0 radical (unpaired) electrons. The van der Waals surface area contributed by atoms with Crippen molar-refractivity contribution >= 4 is 9.84 Å². The number of hydrogen-bond acceptors (Lipinski definition) is 4. The molecule has 0 spiro atoms. The SMILES string of the molecule is Cc1ccc(Oc2ccc(S(=O)(=O)CC3CO3)cc2)cc1. The Hall–Kier alpha value is -1.85. The fraction of sp³-hybridized carbons (Fsp3) is 0.250. The van der Waals surface area contributed by atoms with Gasteiger partial charge in [-0.15, -0.1) is 0 Å². The predicted molar refractivity (Wildman–Crippen MR) is 79.5 cm³/mol. The maximum Gasteiger partial charge on any atom is 0.181 e. The topological polar surface area (TPSA) is 55.9 Å². The first kappa shape index (κ1) is 14.1. The zero-order chi connectivity index (χ0) is 14.9. The predicted octanol–water partition coefficient (Wildman–Crippen LogP) is 2.96. The minimum Gasteiger partial charge on any atom is -0.457 e. The van der Waals surface area contributed by atoms with Crippen molar-refractivity contribution < 1.29 is 17.9 Å². The molecule has 1 heterocycles.